The van der Waals surface area contributed by atoms with Crippen LogP contribution in [0.2, 0.25) is 0 Å². The third-order valence-electron chi connectivity index (χ3n) is 2.54. The fourth-order valence-corrected chi connectivity index (χ4v) is 1.56. The van der Waals surface area contributed by atoms with Crippen LogP contribution in [0.3, 0.4) is 0 Å². The van der Waals surface area contributed by atoms with Crippen LogP contribution < -0.4 is 21.1 Å². The smallest absolute Gasteiger partial charge is 0.331 e. The van der Waals surface area contributed by atoms with Gasteiger partial charge in [0.15, 0.2) is 18.9 Å². The largest absolute Gasteiger partial charge is 0.336 e. The minimum Gasteiger partial charge on any atom is -0.331 e. The molecular formula is C12H12FN4O3+. The number of hydrogen-bond acceptors (Lipinski definition) is 3. The Hall–Kier alpha value is -2.77. The quantitative estimate of drug-likeness (QED) is 0.723. The number of aromatic nitrogens is 3. The molecule has 1 amide bonds. The van der Waals surface area contributed by atoms with Crippen molar-refractivity contribution in [2.45, 2.75) is 6.54 Å². The number of nitrogens with one attached hydrogen (secondary N) is 2. The number of pyridine rings is 1. The van der Waals surface area contributed by atoms with Crippen molar-refractivity contribution in [1.29, 1.82) is 0 Å². The topological polar surface area (TPSA) is 87.8 Å². The minimum absolute atomic E-state index is 0.251. The summed E-state index contributed by atoms with van der Waals surface area (Å²) in [7, 11) is 0. The lowest BCUT2D eigenvalue weighted by Gasteiger charge is -2.04. The molecule has 0 unspecified atom stereocenters. The highest BCUT2D eigenvalue weighted by molar-refractivity contribution is 5.76. The second kappa shape index (κ2) is 5.91. The molecule has 0 spiro atoms. The predicted molar refractivity (Wildman–Crippen MR) is 66.7 cm³/mol. The van der Waals surface area contributed by atoms with Crippen molar-refractivity contribution in [3.8, 4) is 0 Å². The molecule has 0 aromatic carbocycles. The van der Waals surface area contributed by atoms with Gasteiger partial charge in [0, 0.05) is 12.1 Å². The maximum atomic E-state index is 13.0. The number of carbonyl (C=O) groups excluding carboxylic acids is 1. The van der Waals surface area contributed by atoms with Crippen LogP contribution in [-0.4, -0.2) is 22.1 Å². The summed E-state index contributed by atoms with van der Waals surface area (Å²) in [5, 5.41) is 2.45. The lowest BCUT2D eigenvalue weighted by Crippen LogP contribution is -2.44. The highest BCUT2D eigenvalue weighted by Gasteiger charge is 2.10. The monoisotopic (exact) mass is 279 g/mol. The second-order valence-electron chi connectivity index (χ2n) is 3.95. The van der Waals surface area contributed by atoms with Crippen molar-refractivity contribution in [2.24, 2.45) is 0 Å². The van der Waals surface area contributed by atoms with E-state index in [0.29, 0.717) is 17.3 Å². The molecule has 0 saturated heterocycles. The number of hydrogen-bond donors (Lipinski definition) is 2. The van der Waals surface area contributed by atoms with Gasteiger partial charge in [0.2, 0.25) is 5.82 Å². The Labute approximate surface area is 112 Å². The Morgan fingerprint density at radius 3 is 2.70 bits per heavy atom. The van der Waals surface area contributed by atoms with Crippen LogP contribution in [0, 0.1) is 5.82 Å². The first kappa shape index (κ1) is 13.7. The molecule has 0 aliphatic heterocycles. The molecule has 2 aromatic rings. The average Bonchev–Trinajstić information content (AvgIpc) is 2.44. The zero-order valence-corrected chi connectivity index (χ0v) is 10.4. The molecule has 104 valence electrons. The molecule has 8 heteroatoms. The number of rotatable bonds is 3. The number of carbonyl (C=O) groups is 1. The second-order valence-corrected chi connectivity index (χ2v) is 3.95. The number of aromatic amines is 1. The summed E-state index contributed by atoms with van der Waals surface area (Å²) in [6.07, 6.45) is 4.20. The average molecular weight is 279 g/mol. The molecule has 0 aliphatic carbocycles. The Kier molecular flexibility index (Phi) is 4.04. The van der Waals surface area contributed by atoms with Crippen LogP contribution in [0.4, 0.5) is 9.18 Å². The molecular weight excluding hydrogens is 267 g/mol. The molecule has 2 N–H and O–H groups in total. The van der Waals surface area contributed by atoms with Crippen molar-refractivity contribution < 1.29 is 13.8 Å². The number of amides is 1. The van der Waals surface area contributed by atoms with E-state index in [0.717, 1.165) is 0 Å². The third kappa shape index (κ3) is 3.16. The van der Waals surface area contributed by atoms with Gasteiger partial charge < -0.3 is 5.32 Å². The SMILES string of the molecule is O=C(NCC[n+]1ccccc1)n1cc(F)c(=O)[nH]c1=O. The highest BCUT2D eigenvalue weighted by Crippen LogP contribution is 1.84. The third-order valence-corrected chi connectivity index (χ3v) is 2.54. The fraction of sp³-hybridized carbons (Fsp3) is 0.167. The summed E-state index contributed by atoms with van der Waals surface area (Å²) < 4.78 is 15.3. The zero-order valence-electron chi connectivity index (χ0n) is 10.4. The fourth-order valence-electron chi connectivity index (χ4n) is 1.56. The first-order valence-electron chi connectivity index (χ1n) is 5.81. The maximum Gasteiger partial charge on any atom is 0.336 e. The maximum absolute atomic E-state index is 13.0. The molecule has 0 saturated carbocycles. The Balaban J connectivity index is 2.01. The van der Waals surface area contributed by atoms with Gasteiger partial charge in [0.25, 0.3) is 5.56 Å². The normalized spacial score (nSPS) is 10.2. The Morgan fingerprint density at radius 1 is 1.30 bits per heavy atom. The van der Waals surface area contributed by atoms with Crippen LogP contribution in [0.25, 0.3) is 0 Å². The van der Waals surface area contributed by atoms with Crippen molar-refractivity contribution in [1.82, 2.24) is 14.9 Å². The van der Waals surface area contributed by atoms with Gasteiger partial charge in [-0.05, 0) is 0 Å². The van der Waals surface area contributed by atoms with E-state index in [1.807, 2.05) is 35.2 Å². The number of halogens is 1. The lowest BCUT2D eigenvalue weighted by molar-refractivity contribution is -0.694. The minimum atomic E-state index is -1.20. The summed E-state index contributed by atoms with van der Waals surface area (Å²) in [4.78, 5) is 35.6. The number of nitrogens with zero attached hydrogens (tertiary/aromatic N) is 2. The van der Waals surface area contributed by atoms with Crippen molar-refractivity contribution in [3.05, 3.63) is 63.4 Å². The van der Waals surface area contributed by atoms with E-state index in [4.69, 9.17) is 0 Å². The summed E-state index contributed by atoms with van der Waals surface area (Å²) in [6, 6.07) is 4.73. The molecule has 7 nitrogen and oxygen atoms in total. The first-order valence-corrected chi connectivity index (χ1v) is 5.81. The summed E-state index contributed by atoms with van der Waals surface area (Å²) in [6.45, 7) is 0.744. The van der Waals surface area contributed by atoms with E-state index in [2.05, 4.69) is 5.32 Å². The molecule has 2 aromatic heterocycles. The highest BCUT2D eigenvalue weighted by atomic mass is 19.1. The standard InChI is InChI=1S/C12H11FN4O3/c13-9-8-17(12(20)15-10(9)18)11(19)14-4-7-16-5-2-1-3-6-16/h1-3,5-6,8H,4,7H2,(H-,14,15,18,19,20)/p+1. The van der Waals surface area contributed by atoms with Gasteiger partial charge in [-0.3, -0.25) is 9.78 Å². The van der Waals surface area contributed by atoms with E-state index in [1.165, 1.54) is 0 Å². The van der Waals surface area contributed by atoms with Crippen LogP contribution in [-0.2, 0) is 6.54 Å². The van der Waals surface area contributed by atoms with E-state index < -0.39 is 23.1 Å². The van der Waals surface area contributed by atoms with Gasteiger partial charge in [-0.25, -0.2) is 18.7 Å². The Bertz CT molecular complexity index is 723. The zero-order chi connectivity index (χ0) is 14.5. The van der Waals surface area contributed by atoms with E-state index in [1.54, 1.807) is 4.98 Å². The summed E-state index contributed by atoms with van der Waals surface area (Å²) >= 11 is 0. The molecule has 0 fully saturated rings. The molecule has 2 heterocycles. The molecule has 0 radical (unpaired) electrons. The van der Waals surface area contributed by atoms with Gasteiger partial charge in [-0.2, -0.15) is 4.39 Å². The van der Waals surface area contributed by atoms with Crippen LogP contribution in [0.5, 0.6) is 0 Å². The van der Waals surface area contributed by atoms with Gasteiger partial charge in [-0.15, -0.1) is 0 Å². The van der Waals surface area contributed by atoms with E-state index in [9.17, 15) is 18.8 Å². The van der Waals surface area contributed by atoms with E-state index >= 15 is 0 Å². The number of H-pyrrole nitrogens is 1. The van der Waals surface area contributed by atoms with Crippen molar-refractivity contribution >= 4 is 6.03 Å². The summed E-state index contributed by atoms with van der Waals surface area (Å²) in [5.41, 5.74) is -2.14. The van der Waals surface area contributed by atoms with Crippen LogP contribution >= 0.6 is 0 Å². The van der Waals surface area contributed by atoms with Gasteiger partial charge >= 0.3 is 11.7 Å². The lowest BCUT2D eigenvalue weighted by atomic mass is 10.4. The van der Waals surface area contributed by atoms with Crippen LogP contribution in [0.15, 0.2) is 46.4 Å². The predicted octanol–water partition coefficient (Wildman–Crippen LogP) is -0.779. The summed E-state index contributed by atoms with van der Waals surface area (Å²) in [5.74, 6) is -1.20. The molecule has 0 atom stereocenters. The van der Waals surface area contributed by atoms with Crippen LogP contribution in [0.1, 0.15) is 0 Å². The molecule has 2 rings (SSSR count). The van der Waals surface area contributed by atoms with E-state index in [-0.39, 0.29) is 6.54 Å². The van der Waals surface area contributed by atoms with Crippen molar-refractivity contribution in [3.63, 3.8) is 0 Å². The first-order chi connectivity index (χ1) is 9.58. The van der Waals surface area contributed by atoms with Crippen molar-refractivity contribution in [2.75, 3.05) is 6.54 Å². The molecule has 0 bridgehead atoms. The van der Waals surface area contributed by atoms with Gasteiger partial charge in [0.05, 0.1) is 12.7 Å². The van der Waals surface area contributed by atoms with Gasteiger partial charge in [-0.1, -0.05) is 6.07 Å². The Morgan fingerprint density at radius 2 is 2.00 bits per heavy atom. The molecule has 20 heavy (non-hydrogen) atoms. The van der Waals surface area contributed by atoms with Gasteiger partial charge in [0.1, 0.15) is 0 Å². The molecule has 0 aliphatic rings.